The number of hydrogen-bond acceptors (Lipinski definition) is 5. The molecule has 0 saturated carbocycles. The molecule has 1 amide bonds. The van der Waals surface area contributed by atoms with Crippen molar-refractivity contribution in [1.82, 2.24) is 19.5 Å². The molecule has 0 unspecified atom stereocenters. The number of alkyl halides is 3. The summed E-state index contributed by atoms with van der Waals surface area (Å²) in [5.41, 5.74) is -0.614. The van der Waals surface area contributed by atoms with Crippen molar-refractivity contribution in [2.45, 2.75) is 13.1 Å². The first-order chi connectivity index (χ1) is 15.3. The maximum Gasteiger partial charge on any atom is 0.433 e. The lowest BCUT2D eigenvalue weighted by Gasteiger charge is -2.10. The van der Waals surface area contributed by atoms with Gasteiger partial charge in [0.25, 0.3) is 5.91 Å². The van der Waals surface area contributed by atoms with Gasteiger partial charge in [-0.25, -0.2) is 4.98 Å². The fraction of sp³-hybridized carbons (Fsp3) is 0.0909. The van der Waals surface area contributed by atoms with Crippen LogP contribution >= 0.6 is 0 Å². The number of anilines is 1. The summed E-state index contributed by atoms with van der Waals surface area (Å²) < 4.78 is 45.4. The lowest BCUT2D eigenvalue weighted by molar-refractivity contribution is -0.141. The molecule has 1 N–H and O–H groups in total. The Morgan fingerprint density at radius 1 is 1.03 bits per heavy atom. The second-order valence-corrected chi connectivity index (χ2v) is 6.71. The van der Waals surface area contributed by atoms with Gasteiger partial charge in [0.1, 0.15) is 23.1 Å². The van der Waals surface area contributed by atoms with Gasteiger partial charge in [-0.05, 0) is 55.5 Å². The number of rotatable bonds is 5. The van der Waals surface area contributed by atoms with E-state index in [2.05, 4.69) is 20.3 Å². The topological polar surface area (TPSA) is 81.9 Å². The zero-order chi connectivity index (χ0) is 22.7. The molecule has 0 aliphatic rings. The van der Waals surface area contributed by atoms with Crippen molar-refractivity contribution in [2.24, 2.45) is 0 Å². The number of carbonyl (C=O) groups is 1. The Balaban J connectivity index is 1.43. The average molecular weight is 439 g/mol. The summed E-state index contributed by atoms with van der Waals surface area (Å²) in [6.07, 6.45) is 0.0372. The molecular weight excluding hydrogens is 423 g/mol. The van der Waals surface area contributed by atoms with Gasteiger partial charge in [0.2, 0.25) is 5.88 Å². The second kappa shape index (κ2) is 8.50. The lowest BCUT2D eigenvalue weighted by Crippen LogP contribution is -2.14. The Morgan fingerprint density at radius 3 is 2.38 bits per heavy atom. The zero-order valence-corrected chi connectivity index (χ0v) is 16.7. The van der Waals surface area contributed by atoms with Crippen LogP contribution < -0.4 is 10.1 Å². The standard InChI is InChI=1S/C22H16F3N5O2/c1-14-27-19(30-10-2-3-11-30)12-20(28-14)32-17-7-5-16(6-8-17)29-21(31)15-4-9-18(26-13-15)22(23,24)25/h2-13H,1H3,(H,29,31). The van der Waals surface area contributed by atoms with Gasteiger partial charge in [-0.15, -0.1) is 0 Å². The van der Waals surface area contributed by atoms with E-state index in [-0.39, 0.29) is 5.56 Å². The third-order valence-corrected chi connectivity index (χ3v) is 4.32. The predicted molar refractivity (Wildman–Crippen MR) is 110 cm³/mol. The number of nitrogens with zero attached hydrogens (tertiary/aromatic N) is 4. The molecular formula is C22H16F3N5O2. The van der Waals surface area contributed by atoms with Crippen LogP contribution in [0.15, 0.2) is 73.2 Å². The SMILES string of the molecule is Cc1nc(Oc2ccc(NC(=O)c3ccc(C(F)(F)F)nc3)cc2)cc(-n2cccc2)n1. The number of pyridine rings is 1. The van der Waals surface area contributed by atoms with E-state index < -0.39 is 17.8 Å². The smallest absolute Gasteiger partial charge is 0.433 e. The molecule has 4 aromatic rings. The molecule has 0 radical (unpaired) electrons. The van der Waals surface area contributed by atoms with Crippen molar-refractivity contribution in [2.75, 3.05) is 5.32 Å². The third-order valence-electron chi connectivity index (χ3n) is 4.32. The van der Waals surface area contributed by atoms with Gasteiger partial charge in [0.05, 0.1) is 5.56 Å². The van der Waals surface area contributed by atoms with Crippen molar-refractivity contribution in [1.29, 1.82) is 0 Å². The summed E-state index contributed by atoms with van der Waals surface area (Å²) in [4.78, 5) is 24.2. The second-order valence-electron chi connectivity index (χ2n) is 6.71. The monoisotopic (exact) mass is 439 g/mol. The van der Waals surface area contributed by atoms with Crippen LogP contribution in [-0.4, -0.2) is 25.4 Å². The first kappa shape index (κ1) is 21.0. The zero-order valence-electron chi connectivity index (χ0n) is 16.7. The quantitative estimate of drug-likeness (QED) is 0.472. The van der Waals surface area contributed by atoms with E-state index in [0.29, 0.717) is 29.0 Å². The first-order valence-corrected chi connectivity index (χ1v) is 9.39. The van der Waals surface area contributed by atoms with Crippen molar-refractivity contribution in [3.8, 4) is 17.4 Å². The molecule has 3 aromatic heterocycles. The van der Waals surface area contributed by atoms with Gasteiger partial charge >= 0.3 is 6.18 Å². The molecule has 0 aliphatic carbocycles. The molecule has 7 nitrogen and oxygen atoms in total. The molecule has 0 saturated heterocycles. The number of nitrogens with one attached hydrogen (secondary N) is 1. The van der Waals surface area contributed by atoms with Crippen LogP contribution in [-0.2, 0) is 6.18 Å². The number of ether oxygens (including phenoxy) is 1. The first-order valence-electron chi connectivity index (χ1n) is 9.39. The van der Waals surface area contributed by atoms with Crippen molar-refractivity contribution >= 4 is 11.6 Å². The van der Waals surface area contributed by atoms with Crippen molar-refractivity contribution in [3.05, 3.63) is 90.3 Å². The number of amides is 1. The van der Waals surface area contributed by atoms with E-state index in [1.54, 1.807) is 37.3 Å². The number of benzene rings is 1. The third kappa shape index (κ3) is 4.91. The van der Waals surface area contributed by atoms with Crippen molar-refractivity contribution < 1.29 is 22.7 Å². The van der Waals surface area contributed by atoms with E-state index in [4.69, 9.17) is 4.74 Å². The minimum absolute atomic E-state index is 0.00679. The minimum Gasteiger partial charge on any atom is -0.439 e. The largest absolute Gasteiger partial charge is 0.439 e. The molecule has 3 heterocycles. The predicted octanol–water partition coefficient (Wildman–Crippen LogP) is 5.03. The fourth-order valence-electron chi connectivity index (χ4n) is 2.82. The maximum atomic E-state index is 12.6. The van der Waals surface area contributed by atoms with Crippen LogP contribution in [0.4, 0.5) is 18.9 Å². The Labute approximate surface area is 180 Å². The van der Waals surface area contributed by atoms with Crippen LogP contribution in [0.3, 0.4) is 0 Å². The van der Waals surface area contributed by atoms with Gasteiger partial charge in [-0.2, -0.15) is 18.2 Å². The molecule has 0 aliphatic heterocycles. The van der Waals surface area contributed by atoms with E-state index in [1.165, 1.54) is 0 Å². The Hall–Kier alpha value is -4.21. The molecule has 1 aromatic carbocycles. The molecule has 32 heavy (non-hydrogen) atoms. The summed E-state index contributed by atoms with van der Waals surface area (Å²) in [5, 5.41) is 2.60. The summed E-state index contributed by atoms with van der Waals surface area (Å²) >= 11 is 0. The summed E-state index contributed by atoms with van der Waals surface area (Å²) in [5.74, 6) is 1.46. The highest BCUT2D eigenvalue weighted by Gasteiger charge is 2.32. The van der Waals surface area contributed by atoms with E-state index >= 15 is 0 Å². The highest BCUT2D eigenvalue weighted by atomic mass is 19.4. The van der Waals surface area contributed by atoms with E-state index in [1.807, 2.05) is 29.1 Å². The minimum atomic E-state index is -4.56. The maximum absolute atomic E-state index is 12.6. The molecule has 0 spiro atoms. The summed E-state index contributed by atoms with van der Waals surface area (Å²) in [6, 6.07) is 13.8. The number of aryl methyl sites for hydroxylation is 1. The number of halogens is 3. The van der Waals surface area contributed by atoms with E-state index in [9.17, 15) is 18.0 Å². The van der Waals surface area contributed by atoms with Gasteiger partial charge in [0, 0.05) is 30.3 Å². The molecule has 0 fully saturated rings. The highest BCUT2D eigenvalue weighted by Crippen LogP contribution is 2.27. The van der Waals surface area contributed by atoms with Crippen LogP contribution in [0.25, 0.3) is 5.82 Å². The van der Waals surface area contributed by atoms with Crippen LogP contribution in [0, 0.1) is 6.92 Å². The molecule has 0 atom stereocenters. The van der Waals surface area contributed by atoms with Crippen LogP contribution in [0.5, 0.6) is 11.6 Å². The fourth-order valence-corrected chi connectivity index (χ4v) is 2.82. The van der Waals surface area contributed by atoms with Gasteiger partial charge in [-0.1, -0.05) is 0 Å². The van der Waals surface area contributed by atoms with Gasteiger partial charge in [-0.3, -0.25) is 9.78 Å². The Kier molecular flexibility index (Phi) is 5.59. The number of carbonyl (C=O) groups excluding carboxylic acids is 1. The van der Waals surface area contributed by atoms with E-state index in [0.717, 1.165) is 18.3 Å². The molecule has 162 valence electrons. The number of hydrogen-bond donors (Lipinski definition) is 1. The summed E-state index contributed by atoms with van der Waals surface area (Å²) in [6.45, 7) is 1.76. The lowest BCUT2D eigenvalue weighted by atomic mass is 10.2. The molecule has 10 heteroatoms. The van der Waals surface area contributed by atoms with Crippen LogP contribution in [0.2, 0.25) is 0 Å². The van der Waals surface area contributed by atoms with Gasteiger partial charge in [0.15, 0.2) is 0 Å². The Morgan fingerprint density at radius 2 is 1.75 bits per heavy atom. The van der Waals surface area contributed by atoms with Crippen molar-refractivity contribution in [3.63, 3.8) is 0 Å². The average Bonchev–Trinajstić information content (AvgIpc) is 3.29. The number of aromatic nitrogens is 4. The Bertz CT molecular complexity index is 1220. The normalized spacial score (nSPS) is 11.2. The summed E-state index contributed by atoms with van der Waals surface area (Å²) in [7, 11) is 0. The molecule has 0 bridgehead atoms. The molecule has 4 rings (SSSR count). The van der Waals surface area contributed by atoms with Gasteiger partial charge < -0.3 is 14.6 Å². The van der Waals surface area contributed by atoms with Crippen LogP contribution in [0.1, 0.15) is 21.9 Å². The highest BCUT2D eigenvalue weighted by molar-refractivity contribution is 6.04.